The highest BCUT2D eigenvalue weighted by molar-refractivity contribution is 5.95. The van der Waals surface area contributed by atoms with E-state index in [0.29, 0.717) is 22.9 Å². The molecule has 140 valence electrons. The topological polar surface area (TPSA) is 82.5 Å². The minimum Gasteiger partial charge on any atom is -0.436 e. The molecule has 0 aliphatic carbocycles. The number of benzene rings is 3. The van der Waals surface area contributed by atoms with Crippen molar-refractivity contribution in [1.29, 1.82) is 0 Å². The monoisotopic (exact) mass is 382 g/mol. The molecule has 0 unspecified atom stereocenters. The van der Waals surface area contributed by atoms with Gasteiger partial charge in [-0.1, -0.05) is 48.5 Å². The Hall–Kier alpha value is -4.26. The first-order valence-electron chi connectivity index (χ1n) is 8.95. The van der Waals surface area contributed by atoms with E-state index in [0.717, 1.165) is 16.9 Å². The van der Waals surface area contributed by atoms with Crippen molar-refractivity contribution >= 4 is 17.6 Å². The number of aliphatic imine (C=N–C) groups is 1. The fourth-order valence-corrected chi connectivity index (χ4v) is 3.23. The second-order valence-corrected chi connectivity index (χ2v) is 6.45. The number of para-hydroxylation sites is 1. The van der Waals surface area contributed by atoms with Crippen molar-refractivity contribution in [2.75, 3.05) is 0 Å². The summed E-state index contributed by atoms with van der Waals surface area (Å²) in [5.74, 6) is 0.939. The Morgan fingerprint density at radius 2 is 1.66 bits per heavy atom. The predicted octanol–water partition coefficient (Wildman–Crippen LogP) is 5.30. The molecule has 0 atom stereocenters. The van der Waals surface area contributed by atoms with E-state index in [1.807, 2.05) is 60.7 Å². The summed E-state index contributed by atoms with van der Waals surface area (Å²) in [5.41, 5.74) is 3.54. The zero-order chi connectivity index (χ0) is 19.8. The summed E-state index contributed by atoms with van der Waals surface area (Å²) in [5, 5.41) is 15.9. The summed E-state index contributed by atoms with van der Waals surface area (Å²) >= 11 is 0. The van der Waals surface area contributed by atoms with Crippen LogP contribution < -0.4 is 4.74 Å². The Kier molecular flexibility index (Phi) is 3.91. The number of rotatable bonds is 3. The van der Waals surface area contributed by atoms with Gasteiger partial charge in [-0.25, -0.2) is 0 Å². The Morgan fingerprint density at radius 1 is 0.931 bits per heavy atom. The lowest BCUT2D eigenvalue weighted by Gasteiger charge is -2.09. The van der Waals surface area contributed by atoms with E-state index in [4.69, 9.17) is 9.84 Å². The number of non-ortho nitro benzene ring substituents is 1. The number of hydrogen-bond acceptors (Lipinski definition) is 5. The van der Waals surface area contributed by atoms with Gasteiger partial charge in [0.25, 0.3) is 5.69 Å². The van der Waals surface area contributed by atoms with Crippen LogP contribution in [0.25, 0.3) is 16.9 Å². The van der Waals surface area contributed by atoms with E-state index in [-0.39, 0.29) is 5.69 Å². The van der Waals surface area contributed by atoms with Crippen molar-refractivity contribution in [3.8, 4) is 28.6 Å². The molecule has 0 amide bonds. The van der Waals surface area contributed by atoms with E-state index in [1.54, 1.807) is 17.0 Å². The Labute approximate surface area is 165 Å². The molecule has 3 aromatic carbocycles. The largest absolute Gasteiger partial charge is 0.436 e. The fraction of sp³-hybridized carbons (Fsp3) is 0. The van der Waals surface area contributed by atoms with E-state index in [9.17, 15) is 10.1 Å². The molecule has 7 heteroatoms. The normalized spacial score (nSPS) is 11.9. The second kappa shape index (κ2) is 6.72. The molecule has 5 rings (SSSR count). The van der Waals surface area contributed by atoms with Gasteiger partial charge in [0.15, 0.2) is 5.75 Å². The number of hydrogen-bond donors (Lipinski definition) is 0. The third-order valence-electron chi connectivity index (χ3n) is 4.62. The number of nitro benzene ring substituents is 1. The highest BCUT2D eigenvalue weighted by Gasteiger charge is 2.25. The lowest BCUT2D eigenvalue weighted by Crippen LogP contribution is -2.00. The molecule has 0 N–H and O–H groups in total. The standard InChI is InChI=1S/C22H14N4O3/c27-26(28)17-11-12-20-19(13-17)23-14-18-21(15-7-3-1-4-8-15)24-25(22(18)29-20)16-9-5-2-6-10-16/h1-14H. The molecule has 0 fully saturated rings. The van der Waals surface area contributed by atoms with Crippen LogP contribution in [0.5, 0.6) is 11.6 Å². The van der Waals surface area contributed by atoms with Gasteiger partial charge in [-0.05, 0) is 18.2 Å². The van der Waals surface area contributed by atoms with Gasteiger partial charge in [-0.2, -0.15) is 9.78 Å². The molecule has 0 saturated heterocycles. The van der Waals surface area contributed by atoms with Crippen LogP contribution in [0.1, 0.15) is 5.56 Å². The molecule has 1 aliphatic rings. The SMILES string of the molecule is O=[N+]([O-])c1ccc2c(c1)N=Cc1c(-c3ccccc3)nn(-c3ccccc3)c1O2. The first-order chi connectivity index (χ1) is 14.2. The van der Waals surface area contributed by atoms with Crippen molar-refractivity contribution in [2.45, 2.75) is 0 Å². The maximum atomic E-state index is 11.1. The van der Waals surface area contributed by atoms with Gasteiger partial charge in [0.05, 0.1) is 16.2 Å². The summed E-state index contributed by atoms with van der Waals surface area (Å²) in [4.78, 5) is 15.1. The van der Waals surface area contributed by atoms with Crippen LogP contribution in [0.2, 0.25) is 0 Å². The Morgan fingerprint density at radius 3 is 2.38 bits per heavy atom. The predicted molar refractivity (Wildman–Crippen MR) is 109 cm³/mol. The number of ether oxygens (including phenoxy) is 1. The lowest BCUT2D eigenvalue weighted by atomic mass is 10.1. The van der Waals surface area contributed by atoms with Gasteiger partial charge in [0.1, 0.15) is 11.4 Å². The van der Waals surface area contributed by atoms with Crippen LogP contribution >= 0.6 is 0 Å². The second-order valence-electron chi connectivity index (χ2n) is 6.45. The summed E-state index contributed by atoms with van der Waals surface area (Å²) in [7, 11) is 0. The number of nitrogens with zero attached hydrogens (tertiary/aromatic N) is 4. The van der Waals surface area contributed by atoms with Gasteiger partial charge >= 0.3 is 0 Å². The molecule has 7 nitrogen and oxygen atoms in total. The van der Waals surface area contributed by atoms with Crippen LogP contribution in [0, 0.1) is 10.1 Å². The molecule has 2 heterocycles. The zero-order valence-electron chi connectivity index (χ0n) is 15.1. The Bertz CT molecular complexity index is 1250. The molecule has 0 spiro atoms. The number of nitro groups is 1. The summed E-state index contributed by atoms with van der Waals surface area (Å²) < 4.78 is 7.90. The van der Waals surface area contributed by atoms with Crippen LogP contribution in [0.15, 0.2) is 83.9 Å². The van der Waals surface area contributed by atoms with Crippen molar-refractivity contribution in [2.24, 2.45) is 4.99 Å². The highest BCUT2D eigenvalue weighted by Crippen LogP contribution is 2.41. The number of aromatic nitrogens is 2. The van der Waals surface area contributed by atoms with Crippen LogP contribution in [0.4, 0.5) is 11.4 Å². The van der Waals surface area contributed by atoms with Gasteiger partial charge in [0.2, 0.25) is 5.88 Å². The first kappa shape index (κ1) is 16.9. The van der Waals surface area contributed by atoms with Crippen molar-refractivity contribution in [3.63, 3.8) is 0 Å². The van der Waals surface area contributed by atoms with Gasteiger partial charge in [-0.15, -0.1) is 0 Å². The third kappa shape index (κ3) is 2.94. The van der Waals surface area contributed by atoms with E-state index < -0.39 is 4.92 Å². The van der Waals surface area contributed by atoms with E-state index in [1.165, 1.54) is 12.1 Å². The average molecular weight is 382 g/mol. The Balaban J connectivity index is 1.73. The molecular weight excluding hydrogens is 368 g/mol. The van der Waals surface area contributed by atoms with Gasteiger partial charge in [0, 0.05) is 23.9 Å². The van der Waals surface area contributed by atoms with Crippen LogP contribution in [-0.2, 0) is 0 Å². The van der Waals surface area contributed by atoms with Gasteiger partial charge in [-0.3, -0.25) is 15.1 Å². The maximum absolute atomic E-state index is 11.1. The number of fused-ring (bicyclic) bond motifs is 2. The molecule has 1 aromatic heterocycles. The van der Waals surface area contributed by atoms with Crippen LogP contribution in [-0.4, -0.2) is 20.9 Å². The minimum absolute atomic E-state index is 0.0385. The van der Waals surface area contributed by atoms with Crippen molar-refractivity contribution < 1.29 is 9.66 Å². The summed E-state index contributed by atoms with van der Waals surface area (Å²) in [6.45, 7) is 0. The van der Waals surface area contributed by atoms with E-state index in [2.05, 4.69) is 4.99 Å². The molecular formula is C22H14N4O3. The van der Waals surface area contributed by atoms with E-state index >= 15 is 0 Å². The smallest absolute Gasteiger partial charge is 0.271 e. The molecule has 0 saturated carbocycles. The molecule has 29 heavy (non-hydrogen) atoms. The molecule has 0 bridgehead atoms. The van der Waals surface area contributed by atoms with Crippen molar-refractivity contribution in [3.05, 3.63) is 94.5 Å². The summed E-state index contributed by atoms with van der Waals surface area (Å²) in [6.07, 6.45) is 1.65. The average Bonchev–Trinajstić information content (AvgIpc) is 3.01. The molecule has 1 aliphatic heterocycles. The molecule has 0 radical (unpaired) electrons. The quantitative estimate of drug-likeness (QED) is 0.313. The third-order valence-corrected chi connectivity index (χ3v) is 4.62. The highest BCUT2D eigenvalue weighted by atomic mass is 16.6. The fourth-order valence-electron chi connectivity index (χ4n) is 3.23. The minimum atomic E-state index is -0.449. The maximum Gasteiger partial charge on any atom is 0.271 e. The zero-order valence-corrected chi connectivity index (χ0v) is 15.1. The molecule has 4 aromatic rings. The summed E-state index contributed by atoms with van der Waals surface area (Å²) in [6, 6.07) is 23.8. The van der Waals surface area contributed by atoms with Gasteiger partial charge < -0.3 is 4.74 Å². The van der Waals surface area contributed by atoms with Crippen LogP contribution in [0.3, 0.4) is 0 Å². The first-order valence-corrected chi connectivity index (χ1v) is 8.95. The van der Waals surface area contributed by atoms with Crippen molar-refractivity contribution in [1.82, 2.24) is 9.78 Å². The lowest BCUT2D eigenvalue weighted by molar-refractivity contribution is -0.384.